The van der Waals surface area contributed by atoms with Gasteiger partial charge in [-0.1, -0.05) is 6.07 Å². The van der Waals surface area contributed by atoms with E-state index < -0.39 is 11.3 Å². The predicted octanol–water partition coefficient (Wildman–Crippen LogP) is 2.71. The van der Waals surface area contributed by atoms with Gasteiger partial charge in [-0.2, -0.15) is 0 Å². The molecule has 0 saturated heterocycles. The van der Waals surface area contributed by atoms with Gasteiger partial charge in [-0.3, -0.25) is 4.79 Å². The summed E-state index contributed by atoms with van der Waals surface area (Å²) in [6.45, 7) is 3.96. The first-order valence-corrected chi connectivity index (χ1v) is 5.82. The van der Waals surface area contributed by atoms with Gasteiger partial charge in [0.25, 0.3) is 0 Å². The molecule has 0 aliphatic carbocycles. The van der Waals surface area contributed by atoms with Gasteiger partial charge in [0.05, 0.1) is 17.6 Å². The second-order valence-electron chi connectivity index (χ2n) is 3.71. The number of benzene rings is 1. The van der Waals surface area contributed by atoms with E-state index >= 15 is 0 Å². The van der Waals surface area contributed by atoms with Crippen molar-refractivity contribution in [1.29, 1.82) is 0 Å². The fourth-order valence-corrected chi connectivity index (χ4v) is 1.86. The minimum atomic E-state index is -0.775. The number of carbonyl (C=O) groups is 1. The molecule has 1 N–H and O–H groups in total. The molecule has 0 amide bonds. The number of aromatic amines is 1. The fraction of sp³-hybridized carbons (Fsp3) is 0.333. The molecule has 0 aliphatic heterocycles. The van der Waals surface area contributed by atoms with E-state index in [0.717, 1.165) is 16.9 Å². The van der Waals surface area contributed by atoms with Crippen molar-refractivity contribution in [2.45, 2.75) is 19.2 Å². The largest absolute Gasteiger partial charge is 0.465 e. The average Bonchev–Trinajstić information content (AvgIpc) is 2.67. The first-order chi connectivity index (χ1) is 8.11. The molecule has 0 fully saturated rings. The summed E-state index contributed by atoms with van der Waals surface area (Å²) >= 11 is 6.03. The second-order valence-corrected chi connectivity index (χ2v) is 4.15. The van der Waals surface area contributed by atoms with Crippen LogP contribution in [0, 0.1) is 6.92 Å². The number of imidazole rings is 1. The molecule has 0 bridgehead atoms. The van der Waals surface area contributed by atoms with Crippen molar-refractivity contribution < 1.29 is 9.53 Å². The summed E-state index contributed by atoms with van der Waals surface area (Å²) in [6, 6.07) is 5.45. The van der Waals surface area contributed by atoms with Crippen molar-refractivity contribution in [1.82, 2.24) is 9.97 Å². The number of hydrogen-bond acceptors (Lipinski definition) is 3. The van der Waals surface area contributed by atoms with Crippen molar-refractivity contribution in [3.8, 4) is 0 Å². The lowest BCUT2D eigenvalue weighted by Crippen LogP contribution is -2.10. The molecular formula is C12H13ClN2O2. The summed E-state index contributed by atoms with van der Waals surface area (Å²) in [7, 11) is 0. The molecule has 0 saturated carbocycles. The Kier molecular flexibility index (Phi) is 3.33. The lowest BCUT2D eigenvalue weighted by Gasteiger charge is -2.08. The molecule has 17 heavy (non-hydrogen) atoms. The van der Waals surface area contributed by atoms with Crippen molar-refractivity contribution in [2.24, 2.45) is 0 Å². The van der Waals surface area contributed by atoms with Crippen LogP contribution < -0.4 is 0 Å². The Labute approximate surface area is 104 Å². The lowest BCUT2D eigenvalue weighted by molar-refractivity contribution is -0.142. The highest BCUT2D eigenvalue weighted by Crippen LogP contribution is 2.25. The Hall–Kier alpha value is -1.55. The number of hydrogen-bond donors (Lipinski definition) is 1. The van der Waals surface area contributed by atoms with Gasteiger partial charge < -0.3 is 9.72 Å². The topological polar surface area (TPSA) is 55.0 Å². The molecule has 2 aromatic rings. The monoisotopic (exact) mass is 252 g/mol. The van der Waals surface area contributed by atoms with Gasteiger partial charge >= 0.3 is 5.97 Å². The highest BCUT2D eigenvalue weighted by Gasteiger charge is 2.19. The van der Waals surface area contributed by atoms with Crippen LogP contribution in [-0.4, -0.2) is 22.5 Å². The molecule has 1 atom stereocenters. The summed E-state index contributed by atoms with van der Waals surface area (Å²) in [6.07, 6.45) is 0. The molecule has 0 spiro atoms. The van der Waals surface area contributed by atoms with E-state index in [4.69, 9.17) is 16.3 Å². The maximum absolute atomic E-state index is 11.5. The number of carbonyl (C=O) groups excluding carboxylic acids is 1. The quantitative estimate of drug-likeness (QED) is 0.675. The smallest absolute Gasteiger partial charge is 0.328 e. The third-order valence-electron chi connectivity index (χ3n) is 2.41. The van der Waals surface area contributed by atoms with Gasteiger partial charge in [0.1, 0.15) is 5.82 Å². The second kappa shape index (κ2) is 4.75. The van der Waals surface area contributed by atoms with Crippen LogP contribution in [0.3, 0.4) is 0 Å². The summed E-state index contributed by atoms with van der Waals surface area (Å²) in [5.74, 6) is 0.407. The summed E-state index contributed by atoms with van der Waals surface area (Å²) in [5.41, 5.74) is 2.44. The van der Waals surface area contributed by atoms with Crippen LogP contribution in [0.4, 0.5) is 0 Å². The van der Waals surface area contributed by atoms with Crippen LogP contribution in [-0.2, 0) is 9.53 Å². The maximum Gasteiger partial charge on any atom is 0.328 e. The number of aryl methyl sites for hydroxylation is 1. The Bertz CT molecular complexity index is 550. The maximum atomic E-state index is 11.5. The van der Waals surface area contributed by atoms with Crippen molar-refractivity contribution >= 4 is 28.6 Å². The van der Waals surface area contributed by atoms with Crippen LogP contribution in [0.15, 0.2) is 18.2 Å². The van der Waals surface area contributed by atoms with E-state index in [1.807, 2.05) is 19.1 Å². The number of nitrogens with zero attached hydrogens (tertiary/aromatic N) is 1. The molecule has 4 nitrogen and oxygen atoms in total. The zero-order valence-corrected chi connectivity index (χ0v) is 10.4. The molecule has 0 aliphatic rings. The number of esters is 1. The van der Waals surface area contributed by atoms with E-state index in [2.05, 4.69) is 9.97 Å². The number of H-pyrrole nitrogens is 1. The molecule has 5 heteroatoms. The number of nitrogens with one attached hydrogen (secondary N) is 1. The van der Waals surface area contributed by atoms with E-state index in [1.165, 1.54) is 0 Å². The fourth-order valence-electron chi connectivity index (χ4n) is 1.66. The number of halogens is 1. The van der Waals surface area contributed by atoms with Crippen LogP contribution in [0.1, 0.15) is 23.7 Å². The van der Waals surface area contributed by atoms with Crippen molar-refractivity contribution in [2.75, 3.05) is 6.61 Å². The Balaban J connectivity index is 2.32. The molecule has 90 valence electrons. The lowest BCUT2D eigenvalue weighted by atomic mass is 10.1. The molecule has 1 heterocycles. The van der Waals surface area contributed by atoms with Gasteiger partial charge in [-0.25, -0.2) is 4.98 Å². The minimum absolute atomic E-state index is 0.327. The molecule has 2 rings (SSSR count). The van der Waals surface area contributed by atoms with Crippen LogP contribution >= 0.6 is 11.6 Å². The first-order valence-electron chi connectivity index (χ1n) is 5.38. The first kappa shape index (κ1) is 11.9. The average molecular weight is 253 g/mol. The van der Waals surface area contributed by atoms with E-state index in [9.17, 15) is 4.79 Å². The SMILES string of the molecule is CCOC(=O)C(Cl)c1ccc2nc(C)[nH]c2c1. The molecule has 1 aromatic carbocycles. The zero-order chi connectivity index (χ0) is 12.4. The summed E-state index contributed by atoms with van der Waals surface area (Å²) in [4.78, 5) is 18.9. The molecule has 1 unspecified atom stereocenters. The van der Waals surface area contributed by atoms with Crippen molar-refractivity contribution in [3.05, 3.63) is 29.6 Å². The van der Waals surface area contributed by atoms with Crippen LogP contribution in [0.2, 0.25) is 0 Å². The van der Waals surface area contributed by atoms with Crippen LogP contribution in [0.5, 0.6) is 0 Å². The van der Waals surface area contributed by atoms with Gasteiger partial charge in [0.15, 0.2) is 5.38 Å². The zero-order valence-electron chi connectivity index (χ0n) is 9.66. The summed E-state index contributed by atoms with van der Waals surface area (Å²) in [5, 5.41) is -0.775. The third-order valence-corrected chi connectivity index (χ3v) is 2.84. The van der Waals surface area contributed by atoms with E-state index in [1.54, 1.807) is 13.0 Å². The van der Waals surface area contributed by atoms with Gasteiger partial charge in [-0.15, -0.1) is 11.6 Å². The number of rotatable bonds is 3. The number of ether oxygens (including phenoxy) is 1. The predicted molar refractivity (Wildman–Crippen MR) is 66.1 cm³/mol. The van der Waals surface area contributed by atoms with E-state index in [-0.39, 0.29) is 0 Å². The normalized spacial score (nSPS) is 12.6. The van der Waals surface area contributed by atoms with E-state index in [0.29, 0.717) is 12.2 Å². The Morgan fingerprint density at radius 2 is 2.35 bits per heavy atom. The summed E-state index contributed by atoms with van der Waals surface area (Å²) < 4.78 is 4.88. The van der Waals surface area contributed by atoms with Gasteiger partial charge in [-0.05, 0) is 31.5 Å². The number of fused-ring (bicyclic) bond motifs is 1. The number of aromatic nitrogens is 2. The van der Waals surface area contributed by atoms with Crippen LogP contribution in [0.25, 0.3) is 11.0 Å². The van der Waals surface area contributed by atoms with Crippen molar-refractivity contribution in [3.63, 3.8) is 0 Å². The standard InChI is InChI=1S/C12H13ClN2O2/c1-3-17-12(16)11(13)8-4-5-9-10(6-8)15-7(2)14-9/h4-6,11H,3H2,1-2H3,(H,14,15). The Morgan fingerprint density at radius 3 is 3.06 bits per heavy atom. The number of alkyl halides is 1. The van der Waals surface area contributed by atoms with Gasteiger partial charge in [0, 0.05) is 0 Å². The Morgan fingerprint density at radius 1 is 1.59 bits per heavy atom. The minimum Gasteiger partial charge on any atom is -0.465 e. The molecule has 0 radical (unpaired) electrons. The molecular weight excluding hydrogens is 240 g/mol. The third kappa shape index (κ3) is 2.42. The highest BCUT2D eigenvalue weighted by atomic mass is 35.5. The molecule has 1 aromatic heterocycles. The highest BCUT2D eigenvalue weighted by molar-refractivity contribution is 6.30. The van der Waals surface area contributed by atoms with Gasteiger partial charge in [0.2, 0.25) is 0 Å².